The van der Waals surface area contributed by atoms with E-state index < -0.39 is 0 Å². The molecule has 158 valence electrons. The Morgan fingerprint density at radius 2 is 1.62 bits per heavy atom. The molecule has 29 heavy (non-hydrogen) atoms. The van der Waals surface area contributed by atoms with Crippen LogP contribution in [-0.2, 0) is 17.6 Å². The topological polar surface area (TPSA) is 66.0 Å². The standard InChI is InChI=1S/C23H31NO5/c1-16(7-6-8-18-10-11-19(26-2)15-21(18)28-4)24-23(25)14-17-9-12-20(27-3)22(13-17)29-5/h9-13,15-16H,6-8,14H2,1-5H3,(H,24,25). The molecule has 0 aliphatic carbocycles. The predicted molar refractivity (Wildman–Crippen MR) is 113 cm³/mol. The number of rotatable bonds is 11. The number of hydrogen-bond acceptors (Lipinski definition) is 5. The molecule has 2 rings (SSSR count). The molecule has 1 N–H and O–H groups in total. The zero-order valence-corrected chi connectivity index (χ0v) is 17.9. The summed E-state index contributed by atoms with van der Waals surface area (Å²) in [6.45, 7) is 2.03. The molecule has 0 saturated heterocycles. The number of carbonyl (C=O) groups is 1. The van der Waals surface area contributed by atoms with E-state index in [9.17, 15) is 4.79 Å². The van der Waals surface area contributed by atoms with Gasteiger partial charge < -0.3 is 24.3 Å². The molecule has 2 aromatic carbocycles. The SMILES string of the molecule is COc1ccc(CCCC(C)NC(=O)Cc2ccc(OC)c(OC)c2)c(OC)c1. The van der Waals surface area contributed by atoms with E-state index in [0.717, 1.165) is 41.9 Å². The number of methoxy groups -OCH3 is 4. The molecule has 1 amide bonds. The van der Waals surface area contributed by atoms with Crippen LogP contribution in [-0.4, -0.2) is 40.4 Å². The maximum Gasteiger partial charge on any atom is 0.224 e. The Labute approximate surface area is 173 Å². The average Bonchev–Trinajstić information content (AvgIpc) is 2.73. The van der Waals surface area contributed by atoms with E-state index >= 15 is 0 Å². The number of nitrogens with one attached hydrogen (secondary N) is 1. The molecule has 0 fully saturated rings. The van der Waals surface area contributed by atoms with Gasteiger partial charge >= 0.3 is 0 Å². The summed E-state index contributed by atoms with van der Waals surface area (Å²) < 4.78 is 21.2. The van der Waals surface area contributed by atoms with Crippen LogP contribution in [0.3, 0.4) is 0 Å². The lowest BCUT2D eigenvalue weighted by Gasteiger charge is -2.15. The predicted octanol–water partition coefficient (Wildman–Crippen LogP) is 3.79. The van der Waals surface area contributed by atoms with Gasteiger partial charge in [0.1, 0.15) is 11.5 Å². The number of aryl methyl sites for hydroxylation is 1. The van der Waals surface area contributed by atoms with Crippen LogP contribution in [0.15, 0.2) is 36.4 Å². The molecule has 6 heteroatoms. The summed E-state index contributed by atoms with van der Waals surface area (Å²) in [6.07, 6.45) is 3.01. The number of benzene rings is 2. The van der Waals surface area contributed by atoms with Crippen LogP contribution >= 0.6 is 0 Å². The van der Waals surface area contributed by atoms with Gasteiger partial charge in [0.25, 0.3) is 0 Å². The van der Waals surface area contributed by atoms with Gasteiger partial charge in [-0.2, -0.15) is 0 Å². The zero-order valence-electron chi connectivity index (χ0n) is 17.9. The van der Waals surface area contributed by atoms with Crippen molar-refractivity contribution in [2.45, 2.75) is 38.6 Å². The van der Waals surface area contributed by atoms with Crippen molar-refractivity contribution in [3.05, 3.63) is 47.5 Å². The first-order chi connectivity index (χ1) is 14.0. The van der Waals surface area contributed by atoms with Crippen molar-refractivity contribution in [3.8, 4) is 23.0 Å². The van der Waals surface area contributed by atoms with Gasteiger partial charge in [-0.05, 0) is 55.5 Å². The first-order valence-electron chi connectivity index (χ1n) is 9.71. The van der Waals surface area contributed by atoms with Crippen LogP contribution in [0, 0.1) is 0 Å². The van der Waals surface area contributed by atoms with Crippen molar-refractivity contribution < 1.29 is 23.7 Å². The second kappa shape index (κ2) is 11.2. The highest BCUT2D eigenvalue weighted by atomic mass is 16.5. The zero-order chi connectivity index (χ0) is 21.2. The van der Waals surface area contributed by atoms with E-state index in [0.29, 0.717) is 17.9 Å². The van der Waals surface area contributed by atoms with Crippen LogP contribution in [0.4, 0.5) is 0 Å². The first kappa shape index (κ1) is 22.4. The molecule has 0 aliphatic heterocycles. The Morgan fingerprint density at radius 1 is 0.897 bits per heavy atom. The summed E-state index contributed by atoms with van der Waals surface area (Å²) in [7, 11) is 6.48. The first-order valence-corrected chi connectivity index (χ1v) is 9.71. The molecule has 0 aliphatic rings. The Hall–Kier alpha value is -2.89. The molecule has 0 spiro atoms. The Kier molecular flexibility index (Phi) is 8.65. The lowest BCUT2D eigenvalue weighted by Crippen LogP contribution is -2.33. The largest absolute Gasteiger partial charge is 0.497 e. The smallest absolute Gasteiger partial charge is 0.224 e. The molecule has 1 unspecified atom stereocenters. The van der Waals surface area contributed by atoms with E-state index in [1.807, 2.05) is 43.3 Å². The molecule has 0 radical (unpaired) electrons. The van der Waals surface area contributed by atoms with E-state index in [-0.39, 0.29) is 11.9 Å². The van der Waals surface area contributed by atoms with Gasteiger partial charge in [-0.3, -0.25) is 4.79 Å². The van der Waals surface area contributed by atoms with Crippen molar-refractivity contribution in [2.24, 2.45) is 0 Å². The molecule has 1 atom stereocenters. The number of carbonyl (C=O) groups excluding carboxylic acids is 1. The highest BCUT2D eigenvalue weighted by Crippen LogP contribution is 2.28. The average molecular weight is 402 g/mol. The van der Waals surface area contributed by atoms with Crippen LogP contribution in [0.1, 0.15) is 30.9 Å². The summed E-state index contributed by atoms with van der Waals surface area (Å²) in [6, 6.07) is 11.5. The Morgan fingerprint density at radius 3 is 2.28 bits per heavy atom. The molecular weight excluding hydrogens is 370 g/mol. The molecule has 0 bridgehead atoms. The minimum Gasteiger partial charge on any atom is -0.497 e. The van der Waals surface area contributed by atoms with Crippen molar-refractivity contribution in [3.63, 3.8) is 0 Å². The van der Waals surface area contributed by atoms with Crippen LogP contribution in [0.5, 0.6) is 23.0 Å². The Balaban J connectivity index is 1.82. The molecular formula is C23H31NO5. The fraction of sp³-hybridized carbons (Fsp3) is 0.435. The Bertz CT molecular complexity index is 806. The third kappa shape index (κ3) is 6.59. The lowest BCUT2D eigenvalue weighted by atomic mass is 10.0. The van der Waals surface area contributed by atoms with E-state index in [2.05, 4.69) is 5.32 Å². The monoisotopic (exact) mass is 401 g/mol. The van der Waals surface area contributed by atoms with Gasteiger partial charge in [-0.1, -0.05) is 12.1 Å². The number of ether oxygens (including phenoxy) is 4. The summed E-state index contributed by atoms with van der Waals surface area (Å²) in [5, 5.41) is 3.07. The van der Waals surface area contributed by atoms with Gasteiger partial charge in [0.2, 0.25) is 5.91 Å². The maximum atomic E-state index is 12.4. The van der Waals surface area contributed by atoms with Gasteiger partial charge in [-0.25, -0.2) is 0 Å². The molecule has 0 aromatic heterocycles. The number of amides is 1. The molecule has 0 heterocycles. The number of hydrogen-bond donors (Lipinski definition) is 1. The van der Waals surface area contributed by atoms with E-state index in [4.69, 9.17) is 18.9 Å². The fourth-order valence-corrected chi connectivity index (χ4v) is 3.23. The van der Waals surface area contributed by atoms with Gasteiger partial charge in [-0.15, -0.1) is 0 Å². The van der Waals surface area contributed by atoms with Gasteiger partial charge in [0, 0.05) is 12.1 Å². The maximum absolute atomic E-state index is 12.4. The normalized spacial score (nSPS) is 11.5. The van der Waals surface area contributed by atoms with Crippen molar-refractivity contribution in [1.29, 1.82) is 0 Å². The van der Waals surface area contributed by atoms with Crippen molar-refractivity contribution in [2.75, 3.05) is 28.4 Å². The van der Waals surface area contributed by atoms with Crippen molar-refractivity contribution >= 4 is 5.91 Å². The van der Waals surface area contributed by atoms with E-state index in [1.54, 1.807) is 28.4 Å². The van der Waals surface area contributed by atoms with Gasteiger partial charge in [0.05, 0.1) is 34.9 Å². The van der Waals surface area contributed by atoms with Crippen molar-refractivity contribution in [1.82, 2.24) is 5.32 Å². The summed E-state index contributed by atoms with van der Waals surface area (Å²) >= 11 is 0. The fourth-order valence-electron chi connectivity index (χ4n) is 3.23. The second-order valence-corrected chi connectivity index (χ2v) is 6.90. The highest BCUT2D eigenvalue weighted by molar-refractivity contribution is 5.79. The van der Waals surface area contributed by atoms with Crippen LogP contribution in [0.2, 0.25) is 0 Å². The van der Waals surface area contributed by atoms with Crippen LogP contribution in [0.25, 0.3) is 0 Å². The molecule has 2 aromatic rings. The van der Waals surface area contributed by atoms with E-state index in [1.165, 1.54) is 0 Å². The lowest BCUT2D eigenvalue weighted by molar-refractivity contribution is -0.121. The molecule has 0 saturated carbocycles. The summed E-state index contributed by atoms with van der Waals surface area (Å²) in [5.41, 5.74) is 2.02. The quantitative estimate of drug-likeness (QED) is 0.621. The van der Waals surface area contributed by atoms with Crippen LogP contribution < -0.4 is 24.3 Å². The summed E-state index contributed by atoms with van der Waals surface area (Å²) in [4.78, 5) is 12.4. The molecule has 6 nitrogen and oxygen atoms in total. The minimum atomic E-state index is -0.00764. The highest BCUT2D eigenvalue weighted by Gasteiger charge is 2.12. The third-order valence-corrected chi connectivity index (χ3v) is 4.80. The summed E-state index contributed by atoms with van der Waals surface area (Å²) in [5.74, 6) is 2.88. The van der Waals surface area contributed by atoms with Gasteiger partial charge in [0.15, 0.2) is 11.5 Å². The second-order valence-electron chi connectivity index (χ2n) is 6.90. The minimum absolute atomic E-state index is 0.00764. The third-order valence-electron chi connectivity index (χ3n) is 4.80.